The molecule has 2 aromatic rings. The van der Waals surface area contributed by atoms with Gasteiger partial charge in [-0.25, -0.2) is 0 Å². The molecule has 24 heteroatoms. The highest BCUT2D eigenvalue weighted by atomic mass is 16.3. The number of nitrogens with one attached hydrogen (secondary N) is 6. The van der Waals surface area contributed by atoms with Crippen molar-refractivity contribution < 1.29 is 59.4 Å². The second kappa shape index (κ2) is 48.7. The number of allylic oxidation sites excluding steroid dienone is 12. The van der Waals surface area contributed by atoms with Crippen molar-refractivity contribution in [2.24, 2.45) is 35.9 Å². The van der Waals surface area contributed by atoms with E-state index < -0.39 is 0 Å². The molecule has 0 aromatic heterocycles. The van der Waals surface area contributed by atoms with Crippen LogP contribution in [0, 0.1) is 5.92 Å². The van der Waals surface area contributed by atoms with E-state index in [1.807, 2.05) is 55.5 Å². The van der Waals surface area contributed by atoms with Crippen molar-refractivity contribution in [2.75, 3.05) is 78.9 Å². The first kappa shape index (κ1) is 91.8. The third kappa shape index (κ3) is 26.4. The zero-order valence-corrected chi connectivity index (χ0v) is 68.9. The lowest BCUT2D eigenvalue weighted by Gasteiger charge is -2.23. The predicted molar refractivity (Wildman–Crippen MR) is 465 cm³/mol. The SMILES string of the molecule is CCC(CO)NCC1=CCC2=C1N=CCC2=O.CCCC(CO)NCC1=CCC2=C1N=CCC2=O.CCCCC(CO)NCC1=CCC2=C1N=CCC2=O.CC[C@H](C)C(CO)NCC1=CCC2=C1N=CCC2=O.O=C1CC=NC2=C1CC=C2CNC(CO)CCc1ccccc1.O=C1CC=NC2=C1CC=C2CN[C@@H](CO)c1ccccc1. The monoisotopic (exact) mass is 1600 g/mol. The zero-order chi connectivity index (χ0) is 83.4. The molecule has 0 saturated carbocycles. The molecule has 24 nitrogen and oxygen atoms in total. The molecule has 5 unspecified atom stereocenters. The maximum Gasteiger partial charge on any atom is 0.166 e. The van der Waals surface area contributed by atoms with Gasteiger partial charge in [0.05, 0.1) is 79.9 Å². The molecule has 6 aliphatic heterocycles. The standard InChI is InChI=1S/C19H22N2O2.C17H18N2O2.2C15H22N2O2.C14H20N2O2.C13H18N2O2/c22-13-16(8-6-14-4-2-1-3-5-14)21-12-15-7-9-17-18(23)10-11-20-19(15)17;20-11-15(12-4-2-1-3-5-12)19-10-13-6-7-14-16(21)8-9-18-17(13)14;1-3-10(2)13(9-18)17-8-11-4-5-12-14(19)6-7-16-15(11)12;1-2-3-4-12(10-18)17-9-11-5-6-13-14(19)7-8-16-15(11)13;1-2-3-11(9-17)16-8-10-4-5-12-13(18)6-7-15-14(10)12;1-2-10(8-16)15-7-9-3-4-11-12(17)5-6-14-13(9)11/h1-5,7,11,16,21-22H,6,8-10,12-13H2;1-6,9,15,19-20H,7-8,10-11H2;4,7,10,13,17-18H,3,5-6,8-9H2,1-2H3;5,8,12,17-18H,2-4,6-7,9-10H2,1H3;4,7,11,16-17H,2-3,5-6,8-9H2,1H3;3,6,10,15-16H,2,4-5,7-8H2,1H3/t;15-;10-,13?;;;/m.00.../s1. The van der Waals surface area contributed by atoms with Crippen LogP contribution in [0.5, 0.6) is 0 Å². The number of aliphatic imine (C=N–C) groups is 6. The number of ketones is 6. The van der Waals surface area contributed by atoms with E-state index in [2.05, 4.69) is 138 Å². The molecule has 6 aliphatic carbocycles. The molecule has 0 amide bonds. The fraction of sp³-hybridized carbons (Fsp3) is 0.484. The van der Waals surface area contributed by atoms with Crippen LogP contribution in [0.3, 0.4) is 0 Å². The summed E-state index contributed by atoms with van der Waals surface area (Å²) in [6, 6.07) is 20.5. The third-order valence-electron chi connectivity index (χ3n) is 22.7. The minimum absolute atomic E-state index is 0.0331. The van der Waals surface area contributed by atoms with Gasteiger partial charge in [0.1, 0.15) is 0 Å². The fourth-order valence-corrected chi connectivity index (χ4v) is 15.2. The minimum Gasteiger partial charge on any atom is -0.395 e. The van der Waals surface area contributed by atoms with E-state index in [-0.39, 0.29) is 111 Å². The van der Waals surface area contributed by atoms with E-state index in [4.69, 9.17) is 5.11 Å². The Morgan fingerprint density at radius 3 is 0.932 bits per heavy atom. The van der Waals surface area contributed by atoms with Gasteiger partial charge in [0.15, 0.2) is 34.7 Å². The Morgan fingerprint density at radius 1 is 0.325 bits per heavy atom. The van der Waals surface area contributed by atoms with E-state index >= 15 is 0 Å². The van der Waals surface area contributed by atoms with Crippen molar-refractivity contribution in [3.8, 4) is 0 Å². The van der Waals surface area contributed by atoms with Gasteiger partial charge in [-0.15, -0.1) is 0 Å². The first-order valence-electron chi connectivity index (χ1n) is 42.1. The van der Waals surface area contributed by atoms with Gasteiger partial charge in [0.25, 0.3) is 0 Å². The Bertz CT molecular complexity index is 4420. The zero-order valence-electron chi connectivity index (χ0n) is 68.9. The van der Waals surface area contributed by atoms with Gasteiger partial charge in [0.2, 0.25) is 0 Å². The fourth-order valence-electron chi connectivity index (χ4n) is 15.2. The Hall–Kier alpha value is -9.12. The lowest BCUT2D eigenvalue weighted by atomic mass is 9.99. The number of aliphatic hydroxyl groups excluding tert-OH is 6. The molecule has 117 heavy (non-hydrogen) atoms. The molecule has 12 aliphatic rings. The Kier molecular flexibility index (Phi) is 38.2. The summed E-state index contributed by atoms with van der Waals surface area (Å²) in [7, 11) is 0. The van der Waals surface area contributed by atoms with E-state index in [9.17, 15) is 54.3 Å². The van der Waals surface area contributed by atoms with Gasteiger partial charge in [-0.05, 0) is 121 Å². The summed E-state index contributed by atoms with van der Waals surface area (Å²) in [4.78, 5) is 96.5. The maximum atomic E-state index is 11.8. The first-order chi connectivity index (χ1) is 57.0. The highest BCUT2D eigenvalue weighted by Crippen LogP contribution is 2.36. The lowest BCUT2D eigenvalue weighted by molar-refractivity contribution is -0.115. The number of hydrogen-bond donors (Lipinski definition) is 12. The Morgan fingerprint density at radius 2 is 0.632 bits per heavy atom. The van der Waals surface area contributed by atoms with Crippen LogP contribution < -0.4 is 31.9 Å². The second-order valence-corrected chi connectivity index (χ2v) is 30.7. The smallest absolute Gasteiger partial charge is 0.166 e. The van der Waals surface area contributed by atoms with Crippen molar-refractivity contribution in [2.45, 2.75) is 206 Å². The Balaban J connectivity index is 0.000000161. The van der Waals surface area contributed by atoms with E-state index in [1.54, 1.807) is 37.3 Å². The number of carbonyl (C=O) groups is 6. The van der Waals surface area contributed by atoms with Crippen molar-refractivity contribution in [3.05, 3.63) is 209 Å². The number of aryl methyl sites for hydroxylation is 1. The topological polar surface area (TPSA) is 370 Å². The minimum atomic E-state index is -0.111. The average molecular weight is 1600 g/mol. The normalized spacial score (nSPS) is 19.7. The van der Waals surface area contributed by atoms with Crippen LogP contribution in [0.1, 0.15) is 180 Å². The predicted octanol–water partition coefficient (Wildman–Crippen LogP) is 9.84. The van der Waals surface area contributed by atoms with E-state index in [0.29, 0.717) is 122 Å². The number of benzene rings is 2. The van der Waals surface area contributed by atoms with Crippen molar-refractivity contribution in [1.29, 1.82) is 0 Å². The number of aliphatic hydroxyl groups is 6. The second-order valence-electron chi connectivity index (χ2n) is 30.7. The van der Waals surface area contributed by atoms with Crippen LogP contribution in [0.4, 0.5) is 0 Å². The number of hydrogen-bond acceptors (Lipinski definition) is 24. The number of carbonyl (C=O) groups excluding carboxylic acids is 6. The lowest BCUT2D eigenvalue weighted by Crippen LogP contribution is -2.39. The van der Waals surface area contributed by atoms with Crippen LogP contribution in [0.2, 0.25) is 0 Å². The van der Waals surface area contributed by atoms with E-state index in [0.717, 1.165) is 164 Å². The number of nitrogens with zero attached hydrogens (tertiary/aromatic N) is 6. The van der Waals surface area contributed by atoms with Gasteiger partial charge < -0.3 is 62.5 Å². The molecule has 0 fully saturated rings. The maximum absolute atomic E-state index is 11.8. The molecule has 14 rings (SSSR count). The van der Waals surface area contributed by atoms with Gasteiger partial charge in [-0.2, -0.15) is 0 Å². The summed E-state index contributed by atoms with van der Waals surface area (Å²) >= 11 is 0. The molecule has 2 aromatic carbocycles. The highest BCUT2D eigenvalue weighted by Gasteiger charge is 2.32. The molecule has 626 valence electrons. The van der Waals surface area contributed by atoms with Crippen LogP contribution in [0.25, 0.3) is 0 Å². The van der Waals surface area contributed by atoms with Crippen molar-refractivity contribution >= 4 is 72.0 Å². The summed E-state index contributed by atoms with van der Waals surface area (Å²) in [5, 5.41) is 76.2. The van der Waals surface area contributed by atoms with E-state index in [1.165, 1.54) is 5.56 Å². The third-order valence-corrected chi connectivity index (χ3v) is 22.7. The summed E-state index contributed by atoms with van der Waals surface area (Å²) in [6.45, 7) is 15.2. The average Bonchev–Trinajstić information content (AvgIpc) is 1.71. The van der Waals surface area contributed by atoms with Crippen LogP contribution in [0.15, 0.2) is 228 Å². The molecule has 6 heterocycles. The first-order valence-corrected chi connectivity index (χ1v) is 42.1. The summed E-state index contributed by atoms with van der Waals surface area (Å²) in [6.07, 6.45) is 38.3. The largest absolute Gasteiger partial charge is 0.395 e. The van der Waals surface area contributed by atoms with Crippen molar-refractivity contribution in [1.82, 2.24) is 31.9 Å². The molecule has 12 N–H and O–H groups in total. The molecule has 0 saturated heterocycles. The molecular weight excluding hydrogens is 1480 g/mol. The number of unbranched alkanes of at least 4 members (excludes halogenated alkanes) is 1. The molecule has 0 radical (unpaired) electrons. The summed E-state index contributed by atoms with van der Waals surface area (Å²) in [5.74, 6) is 1.56. The highest BCUT2D eigenvalue weighted by molar-refractivity contribution is 6.10. The summed E-state index contributed by atoms with van der Waals surface area (Å²) in [5.41, 5.74) is 18.9. The quantitative estimate of drug-likeness (QED) is 0.0302. The van der Waals surface area contributed by atoms with Gasteiger partial charge in [-0.3, -0.25) is 58.7 Å². The van der Waals surface area contributed by atoms with Gasteiger partial charge in [0, 0.05) is 179 Å². The van der Waals surface area contributed by atoms with Gasteiger partial charge >= 0.3 is 0 Å². The summed E-state index contributed by atoms with van der Waals surface area (Å²) < 4.78 is 0. The van der Waals surface area contributed by atoms with Crippen LogP contribution in [-0.4, -0.2) is 212 Å². The number of Topliss-reactive ketones (excluding diaryl/α,β-unsaturated/α-hetero) is 6. The number of rotatable bonds is 36. The van der Waals surface area contributed by atoms with Gasteiger partial charge in [-0.1, -0.05) is 157 Å². The van der Waals surface area contributed by atoms with Crippen molar-refractivity contribution in [3.63, 3.8) is 0 Å². The molecular formula is C93H122N12O12. The van der Waals surface area contributed by atoms with Crippen LogP contribution >= 0.6 is 0 Å². The van der Waals surface area contributed by atoms with Crippen LogP contribution in [-0.2, 0) is 35.2 Å². The molecule has 0 bridgehead atoms. The Labute approximate surface area is 689 Å². The molecule has 0 spiro atoms. The molecule has 7 atom stereocenters.